The molecule has 82 valence electrons. The number of hydrogen-bond donors (Lipinski definition) is 1. The van der Waals surface area contributed by atoms with Crippen molar-refractivity contribution in [2.75, 3.05) is 19.6 Å². The average molecular weight is 199 g/mol. The van der Waals surface area contributed by atoms with Crippen molar-refractivity contribution >= 4 is 5.97 Å². The second-order valence-electron chi connectivity index (χ2n) is 4.19. The predicted molar refractivity (Wildman–Crippen MR) is 56.3 cm³/mol. The topological polar surface area (TPSA) is 40.5 Å². The van der Waals surface area contributed by atoms with E-state index in [1.807, 2.05) is 0 Å². The summed E-state index contributed by atoms with van der Waals surface area (Å²) in [6.45, 7) is 5.58. The van der Waals surface area contributed by atoms with Crippen LogP contribution in [0.25, 0.3) is 0 Å². The third kappa shape index (κ3) is 5.22. The Morgan fingerprint density at radius 3 is 2.64 bits per heavy atom. The van der Waals surface area contributed by atoms with E-state index in [0.717, 1.165) is 31.8 Å². The van der Waals surface area contributed by atoms with Gasteiger partial charge in [-0.05, 0) is 44.7 Å². The first-order chi connectivity index (χ1) is 6.72. The van der Waals surface area contributed by atoms with Crippen LogP contribution in [0.15, 0.2) is 0 Å². The second kappa shape index (κ2) is 6.02. The van der Waals surface area contributed by atoms with E-state index in [4.69, 9.17) is 5.11 Å². The van der Waals surface area contributed by atoms with Crippen molar-refractivity contribution < 1.29 is 9.90 Å². The molecule has 3 nitrogen and oxygen atoms in total. The van der Waals surface area contributed by atoms with Gasteiger partial charge >= 0.3 is 5.97 Å². The highest BCUT2D eigenvalue weighted by molar-refractivity contribution is 5.66. The molecule has 0 amide bonds. The van der Waals surface area contributed by atoms with Crippen LogP contribution in [-0.2, 0) is 4.79 Å². The molecule has 0 aromatic rings. The maximum absolute atomic E-state index is 10.3. The van der Waals surface area contributed by atoms with Crippen molar-refractivity contribution in [2.24, 2.45) is 5.92 Å². The third-order valence-electron chi connectivity index (χ3n) is 2.78. The van der Waals surface area contributed by atoms with E-state index in [-0.39, 0.29) is 0 Å². The quantitative estimate of drug-likeness (QED) is 0.608. The average Bonchev–Trinajstić information content (AvgIpc) is 2.93. The molecule has 0 aliphatic heterocycles. The fraction of sp³-hybridized carbons (Fsp3) is 0.909. The van der Waals surface area contributed by atoms with Crippen LogP contribution >= 0.6 is 0 Å². The first-order valence-corrected chi connectivity index (χ1v) is 5.66. The van der Waals surface area contributed by atoms with Crippen LogP contribution in [0.5, 0.6) is 0 Å². The number of unbranched alkanes of at least 4 members (excludes halogenated alkanes) is 1. The standard InChI is InChI=1S/C11H21NO2/c1-2-12(9-10-6-7-10)8-4-3-5-11(13)14/h10H,2-9H2,1H3,(H,13,14). The van der Waals surface area contributed by atoms with Crippen molar-refractivity contribution in [1.82, 2.24) is 4.90 Å². The molecular weight excluding hydrogens is 178 g/mol. The molecular formula is C11H21NO2. The fourth-order valence-corrected chi connectivity index (χ4v) is 1.66. The number of carboxylic acid groups (broad SMARTS) is 1. The van der Waals surface area contributed by atoms with E-state index in [1.54, 1.807) is 0 Å². The molecule has 1 N–H and O–H groups in total. The summed E-state index contributed by atoms with van der Waals surface area (Å²) in [5.41, 5.74) is 0. The molecule has 0 aromatic carbocycles. The summed E-state index contributed by atoms with van der Waals surface area (Å²) in [7, 11) is 0. The number of rotatable bonds is 8. The van der Waals surface area contributed by atoms with Gasteiger partial charge in [0.25, 0.3) is 0 Å². The summed E-state index contributed by atoms with van der Waals surface area (Å²) in [5, 5.41) is 8.48. The highest BCUT2D eigenvalue weighted by Gasteiger charge is 2.23. The number of nitrogens with zero attached hydrogens (tertiary/aromatic N) is 1. The largest absolute Gasteiger partial charge is 0.481 e. The Kier molecular flexibility index (Phi) is 4.94. The second-order valence-corrected chi connectivity index (χ2v) is 4.19. The van der Waals surface area contributed by atoms with Crippen LogP contribution < -0.4 is 0 Å². The van der Waals surface area contributed by atoms with E-state index in [0.29, 0.717) is 6.42 Å². The van der Waals surface area contributed by atoms with Crippen LogP contribution in [0, 0.1) is 5.92 Å². The lowest BCUT2D eigenvalue weighted by Gasteiger charge is -2.19. The zero-order valence-electron chi connectivity index (χ0n) is 9.04. The molecule has 1 rings (SSSR count). The van der Waals surface area contributed by atoms with Crippen molar-refractivity contribution in [3.05, 3.63) is 0 Å². The summed E-state index contributed by atoms with van der Waals surface area (Å²) in [4.78, 5) is 12.7. The van der Waals surface area contributed by atoms with Gasteiger partial charge in [-0.25, -0.2) is 0 Å². The Hall–Kier alpha value is -0.570. The highest BCUT2D eigenvalue weighted by Crippen LogP contribution is 2.29. The first kappa shape index (κ1) is 11.5. The molecule has 0 radical (unpaired) electrons. The third-order valence-corrected chi connectivity index (χ3v) is 2.78. The van der Waals surface area contributed by atoms with Gasteiger partial charge in [0.15, 0.2) is 0 Å². The molecule has 1 fully saturated rings. The van der Waals surface area contributed by atoms with Gasteiger partial charge in [-0.1, -0.05) is 6.92 Å². The summed E-state index contributed by atoms with van der Waals surface area (Å²) >= 11 is 0. The number of carboxylic acids is 1. The molecule has 0 atom stereocenters. The molecule has 1 aliphatic carbocycles. The molecule has 0 aromatic heterocycles. The van der Waals surface area contributed by atoms with Crippen LogP contribution in [0.3, 0.4) is 0 Å². The Balaban J connectivity index is 1.98. The van der Waals surface area contributed by atoms with E-state index < -0.39 is 5.97 Å². The van der Waals surface area contributed by atoms with E-state index >= 15 is 0 Å². The van der Waals surface area contributed by atoms with Crippen LogP contribution in [0.1, 0.15) is 39.0 Å². The van der Waals surface area contributed by atoms with Gasteiger partial charge in [0.05, 0.1) is 0 Å². The summed E-state index contributed by atoms with van der Waals surface area (Å²) < 4.78 is 0. The van der Waals surface area contributed by atoms with Gasteiger partial charge in [0, 0.05) is 13.0 Å². The molecule has 0 heterocycles. The van der Waals surface area contributed by atoms with Crippen molar-refractivity contribution in [2.45, 2.75) is 39.0 Å². The molecule has 14 heavy (non-hydrogen) atoms. The zero-order valence-corrected chi connectivity index (χ0v) is 9.04. The number of aliphatic carboxylic acids is 1. The maximum atomic E-state index is 10.3. The van der Waals surface area contributed by atoms with E-state index in [2.05, 4.69) is 11.8 Å². The van der Waals surface area contributed by atoms with Crippen LogP contribution in [-0.4, -0.2) is 35.6 Å². The van der Waals surface area contributed by atoms with E-state index in [1.165, 1.54) is 19.4 Å². The molecule has 1 aliphatic rings. The number of carbonyl (C=O) groups is 1. The van der Waals surface area contributed by atoms with Gasteiger partial charge in [-0.3, -0.25) is 4.79 Å². The SMILES string of the molecule is CCN(CCCCC(=O)O)CC1CC1. The molecule has 0 spiro atoms. The molecule has 0 unspecified atom stereocenters. The first-order valence-electron chi connectivity index (χ1n) is 5.66. The van der Waals surface area contributed by atoms with Gasteiger partial charge in [-0.15, -0.1) is 0 Å². The summed E-state index contributed by atoms with van der Waals surface area (Å²) in [6, 6.07) is 0. The maximum Gasteiger partial charge on any atom is 0.303 e. The summed E-state index contributed by atoms with van der Waals surface area (Å²) in [5.74, 6) is 0.268. The van der Waals surface area contributed by atoms with Gasteiger partial charge in [0.2, 0.25) is 0 Å². The predicted octanol–water partition coefficient (Wildman–Crippen LogP) is 1.97. The van der Waals surface area contributed by atoms with Crippen LogP contribution in [0.2, 0.25) is 0 Å². The van der Waals surface area contributed by atoms with Gasteiger partial charge in [-0.2, -0.15) is 0 Å². The lowest BCUT2D eigenvalue weighted by Crippen LogP contribution is -2.26. The Morgan fingerprint density at radius 2 is 2.14 bits per heavy atom. The van der Waals surface area contributed by atoms with Crippen molar-refractivity contribution in [3.8, 4) is 0 Å². The minimum absolute atomic E-state index is 0.320. The lowest BCUT2D eigenvalue weighted by atomic mass is 10.2. The van der Waals surface area contributed by atoms with Crippen molar-refractivity contribution in [3.63, 3.8) is 0 Å². The van der Waals surface area contributed by atoms with E-state index in [9.17, 15) is 4.79 Å². The Labute approximate surface area is 86.1 Å². The normalized spacial score (nSPS) is 16.1. The Morgan fingerprint density at radius 1 is 1.43 bits per heavy atom. The molecule has 0 bridgehead atoms. The minimum atomic E-state index is -0.671. The monoisotopic (exact) mass is 199 g/mol. The van der Waals surface area contributed by atoms with Crippen molar-refractivity contribution in [1.29, 1.82) is 0 Å². The highest BCUT2D eigenvalue weighted by atomic mass is 16.4. The van der Waals surface area contributed by atoms with Gasteiger partial charge < -0.3 is 10.0 Å². The van der Waals surface area contributed by atoms with Gasteiger partial charge in [0.1, 0.15) is 0 Å². The Bertz CT molecular complexity index is 178. The fourth-order valence-electron chi connectivity index (χ4n) is 1.66. The minimum Gasteiger partial charge on any atom is -0.481 e. The molecule has 0 saturated heterocycles. The summed E-state index contributed by atoms with van der Waals surface area (Å²) in [6.07, 6.45) is 4.95. The van der Waals surface area contributed by atoms with Crippen LogP contribution in [0.4, 0.5) is 0 Å². The zero-order chi connectivity index (χ0) is 10.4. The smallest absolute Gasteiger partial charge is 0.303 e. The molecule has 1 saturated carbocycles. The lowest BCUT2D eigenvalue weighted by molar-refractivity contribution is -0.137. The molecule has 3 heteroatoms. The number of hydrogen-bond acceptors (Lipinski definition) is 2.